The zero-order valence-electron chi connectivity index (χ0n) is 24.7. The molecule has 42 heavy (non-hydrogen) atoms. The molecule has 12 heteroatoms. The summed E-state index contributed by atoms with van der Waals surface area (Å²) >= 11 is 0. The van der Waals surface area contributed by atoms with Crippen molar-refractivity contribution >= 4 is 34.1 Å². The van der Waals surface area contributed by atoms with E-state index in [1.165, 1.54) is 6.08 Å². The van der Waals surface area contributed by atoms with Crippen LogP contribution in [0.1, 0.15) is 19.5 Å². The zero-order chi connectivity index (χ0) is 30.6. The lowest BCUT2D eigenvalue weighted by atomic mass is 10.1. The Bertz CT molecular complexity index is 1600. The van der Waals surface area contributed by atoms with Crippen LogP contribution in [0, 0.1) is 11.6 Å². The monoisotopic (exact) mass is 578 g/mol. The fourth-order valence-corrected chi connectivity index (χ4v) is 4.32. The molecule has 0 atom stereocenters. The van der Waals surface area contributed by atoms with Crippen LogP contribution in [0.3, 0.4) is 0 Å². The summed E-state index contributed by atoms with van der Waals surface area (Å²) in [6.07, 6.45) is 4.32. The Kier molecular flexibility index (Phi) is 9.48. The number of aryl methyl sites for hydroxylation is 1. The van der Waals surface area contributed by atoms with Crippen LogP contribution in [0.2, 0.25) is 0 Å². The summed E-state index contributed by atoms with van der Waals surface area (Å²) in [6.45, 7) is 9.44. The van der Waals surface area contributed by atoms with Gasteiger partial charge >= 0.3 is 0 Å². The summed E-state index contributed by atoms with van der Waals surface area (Å²) < 4.78 is 35.8. The minimum absolute atomic E-state index is 0.191. The van der Waals surface area contributed by atoms with Crippen molar-refractivity contribution in [2.75, 3.05) is 44.9 Å². The highest BCUT2D eigenvalue weighted by molar-refractivity contribution is 6.00. The first-order valence-electron chi connectivity index (χ1n) is 13.5. The number of rotatable bonds is 12. The number of hydrogen-bond donors (Lipinski definition) is 2. The maximum atomic E-state index is 14.1. The van der Waals surface area contributed by atoms with E-state index in [1.807, 2.05) is 35.0 Å². The number of nitrogens with zero attached hydrogens (tertiary/aromatic N) is 6. The van der Waals surface area contributed by atoms with Gasteiger partial charge in [0.2, 0.25) is 17.7 Å². The van der Waals surface area contributed by atoms with Gasteiger partial charge in [0, 0.05) is 56.1 Å². The summed E-state index contributed by atoms with van der Waals surface area (Å²) in [5, 5.41) is 6.53. The van der Waals surface area contributed by atoms with Gasteiger partial charge in [0.1, 0.15) is 5.69 Å². The van der Waals surface area contributed by atoms with Crippen molar-refractivity contribution in [3.8, 4) is 17.1 Å². The second-order valence-corrected chi connectivity index (χ2v) is 10.6. The van der Waals surface area contributed by atoms with Gasteiger partial charge in [-0.25, -0.2) is 23.7 Å². The quantitative estimate of drug-likeness (QED) is 0.228. The van der Waals surface area contributed by atoms with Crippen molar-refractivity contribution in [3.63, 3.8) is 0 Å². The molecule has 0 aliphatic heterocycles. The molecular formula is C30H36F2N8O2. The van der Waals surface area contributed by atoms with Gasteiger partial charge in [-0.05, 0) is 59.3 Å². The number of nitrogens with one attached hydrogen (secondary N) is 2. The lowest BCUT2D eigenvalue weighted by molar-refractivity contribution is -0.111. The smallest absolute Gasteiger partial charge is 0.247 e. The predicted molar refractivity (Wildman–Crippen MR) is 161 cm³/mol. The summed E-state index contributed by atoms with van der Waals surface area (Å²) in [7, 11) is 7.74. The molecular weight excluding hydrogens is 542 g/mol. The number of amides is 1. The molecule has 0 fully saturated rings. The SMILES string of the molecule is C=CC(=O)Nc1cc(Nc2nccc(-c3cn(C)c4cc(F)c(F)cc34)n2)c(OC(C)C)nc1CN(C)CCN(C)C. The second kappa shape index (κ2) is 13.0. The van der Waals surface area contributed by atoms with Crippen molar-refractivity contribution in [2.24, 2.45) is 7.05 Å². The molecule has 10 nitrogen and oxygen atoms in total. The lowest BCUT2D eigenvalue weighted by Gasteiger charge is -2.22. The van der Waals surface area contributed by atoms with Crippen LogP contribution >= 0.6 is 0 Å². The Morgan fingerprint density at radius 1 is 1.12 bits per heavy atom. The molecule has 1 aromatic carbocycles. The van der Waals surface area contributed by atoms with Crippen LogP contribution in [0.25, 0.3) is 22.2 Å². The Morgan fingerprint density at radius 3 is 2.55 bits per heavy atom. The van der Waals surface area contributed by atoms with E-state index in [1.54, 1.807) is 36.1 Å². The van der Waals surface area contributed by atoms with Gasteiger partial charge in [-0.2, -0.15) is 0 Å². The molecule has 0 radical (unpaired) electrons. The molecule has 0 saturated heterocycles. The van der Waals surface area contributed by atoms with Gasteiger partial charge < -0.3 is 24.8 Å². The average Bonchev–Trinajstić information content (AvgIpc) is 3.24. The van der Waals surface area contributed by atoms with Crippen LogP contribution in [-0.4, -0.2) is 75.6 Å². The minimum Gasteiger partial charge on any atom is -0.473 e. The van der Waals surface area contributed by atoms with Crippen molar-refractivity contribution < 1.29 is 18.3 Å². The summed E-state index contributed by atoms with van der Waals surface area (Å²) in [4.78, 5) is 30.3. The number of halogens is 2. The molecule has 0 aliphatic carbocycles. The number of pyridine rings is 1. The van der Waals surface area contributed by atoms with Crippen molar-refractivity contribution in [3.05, 3.63) is 66.6 Å². The van der Waals surface area contributed by atoms with Gasteiger partial charge in [-0.1, -0.05) is 6.58 Å². The molecule has 4 aromatic rings. The number of hydrogen-bond acceptors (Lipinski definition) is 8. The topological polar surface area (TPSA) is 100 Å². The lowest BCUT2D eigenvalue weighted by Crippen LogP contribution is -2.29. The van der Waals surface area contributed by atoms with E-state index in [-0.39, 0.29) is 18.0 Å². The largest absolute Gasteiger partial charge is 0.473 e. The number of carbonyl (C=O) groups is 1. The molecule has 0 aliphatic rings. The number of ether oxygens (including phenoxy) is 1. The molecule has 0 saturated carbocycles. The Labute approximate surface area is 244 Å². The molecule has 1 amide bonds. The molecule has 2 N–H and O–H groups in total. The van der Waals surface area contributed by atoms with Gasteiger partial charge in [-0.3, -0.25) is 9.69 Å². The predicted octanol–water partition coefficient (Wildman–Crippen LogP) is 4.96. The van der Waals surface area contributed by atoms with E-state index in [0.29, 0.717) is 51.7 Å². The van der Waals surface area contributed by atoms with Gasteiger partial charge in [0.25, 0.3) is 0 Å². The minimum atomic E-state index is -0.939. The number of fused-ring (bicyclic) bond motifs is 1. The number of aromatic nitrogens is 4. The fraction of sp³-hybridized carbons (Fsp3) is 0.333. The van der Waals surface area contributed by atoms with E-state index in [0.717, 1.165) is 25.2 Å². The van der Waals surface area contributed by atoms with Crippen molar-refractivity contribution in [1.82, 2.24) is 29.3 Å². The van der Waals surface area contributed by atoms with Gasteiger partial charge in [-0.15, -0.1) is 0 Å². The Morgan fingerprint density at radius 2 is 1.86 bits per heavy atom. The van der Waals surface area contributed by atoms with Crippen LogP contribution in [-0.2, 0) is 18.4 Å². The standard InChI is InChI=1S/C30H36F2N8O2/c1-8-28(41)34-24-15-25(29(42-18(2)3)35-26(24)17-39(6)12-11-38(4)5)37-30-33-10-9-23(36-30)20-16-40(7)27-14-22(32)21(31)13-19(20)27/h8-10,13-16,18H,1,11-12,17H2,2-7H3,(H,34,41)(H,33,36,37). The highest BCUT2D eigenvalue weighted by Gasteiger charge is 2.19. The van der Waals surface area contributed by atoms with Crippen LogP contribution in [0.4, 0.5) is 26.1 Å². The van der Waals surface area contributed by atoms with Crippen molar-refractivity contribution in [2.45, 2.75) is 26.5 Å². The Balaban J connectivity index is 1.73. The van der Waals surface area contributed by atoms with Crippen LogP contribution in [0.5, 0.6) is 5.88 Å². The molecule has 4 rings (SSSR count). The average molecular weight is 579 g/mol. The van der Waals surface area contributed by atoms with Gasteiger partial charge in [0.15, 0.2) is 11.6 Å². The highest BCUT2D eigenvalue weighted by Crippen LogP contribution is 2.34. The first-order chi connectivity index (χ1) is 19.9. The van der Waals surface area contributed by atoms with E-state index < -0.39 is 11.6 Å². The number of likely N-dealkylation sites (N-methyl/N-ethyl adjacent to an activating group) is 2. The van der Waals surface area contributed by atoms with Crippen LogP contribution in [0.15, 0.2) is 49.3 Å². The van der Waals surface area contributed by atoms with E-state index in [9.17, 15) is 13.6 Å². The van der Waals surface area contributed by atoms with E-state index in [4.69, 9.17) is 9.72 Å². The summed E-state index contributed by atoms with van der Waals surface area (Å²) in [5.41, 5.74) is 3.19. The third-order valence-corrected chi connectivity index (χ3v) is 6.42. The summed E-state index contributed by atoms with van der Waals surface area (Å²) in [6, 6.07) is 5.74. The van der Waals surface area contributed by atoms with Crippen molar-refractivity contribution in [1.29, 1.82) is 0 Å². The maximum absolute atomic E-state index is 14.1. The van der Waals surface area contributed by atoms with Crippen LogP contribution < -0.4 is 15.4 Å². The first kappa shape index (κ1) is 30.5. The molecule has 0 unspecified atom stereocenters. The third-order valence-electron chi connectivity index (χ3n) is 6.42. The van der Waals surface area contributed by atoms with E-state index >= 15 is 0 Å². The Hall–Kier alpha value is -4.42. The molecule has 0 bridgehead atoms. The molecule has 0 spiro atoms. The maximum Gasteiger partial charge on any atom is 0.247 e. The molecule has 3 aromatic heterocycles. The first-order valence-corrected chi connectivity index (χ1v) is 13.5. The molecule has 3 heterocycles. The third kappa shape index (κ3) is 7.25. The number of benzene rings is 1. The van der Waals surface area contributed by atoms with Gasteiger partial charge in [0.05, 0.1) is 28.7 Å². The highest BCUT2D eigenvalue weighted by atomic mass is 19.2. The normalized spacial score (nSPS) is 11.5. The zero-order valence-corrected chi connectivity index (χ0v) is 24.7. The second-order valence-electron chi connectivity index (χ2n) is 10.6. The number of carbonyl (C=O) groups excluding carboxylic acids is 1. The summed E-state index contributed by atoms with van der Waals surface area (Å²) in [5.74, 6) is -1.70. The molecule has 222 valence electrons. The van der Waals surface area contributed by atoms with E-state index in [2.05, 4.69) is 37.0 Å². The fourth-order valence-electron chi connectivity index (χ4n) is 4.32. The number of anilines is 3.